The van der Waals surface area contributed by atoms with Crippen LogP contribution in [-0.2, 0) is 24.4 Å². The molecule has 0 aliphatic carbocycles. The number of carbonyl (C=O) groups excluding carboxylic acids is 1. The van der Waals surface area contributed by atoms with Crippen molar-refractivity contribution in [3.05, 3.63) is 42.0 Å². The van der Waals surface area contributed by atoms with Crippen molar-refractivity contribution in [2.24, 2.45) is 0 Å². The number of ether oxygens (including phenoxy) is 2. The van der Waals surface area contributed by atoms with Crippen LogP contribution in [0.15, 0.2) is 30.6 Å². The Bertz CT molecular complexity index is 696. The minimum absolute atomic E-state index is 0.116. The van der Waals surface area contributed by atoms with E-state index >= 15 is 0 Å². The Morgan fingerprint density at radius 1 is 1.29 bits per heavy atom. The minimum atomic E-state index is -0.116. The average molecular weight is 330 g/mol. The SMILES string of the molecule is CCOCc1ncn2c1CN(C(=O)Nc1ccc(OC)cc1)CC2. The predicted octanol–water partition coefficient (Wildman–Crippen LogP) is 2.48. The number of methoxy groups -OCH3 is 1. The monoisotopic (exact) mass is 330 g/mol. The van der Waals surface area contributed by atoms with E-state index in [-0.39, 0.29) is 6.03 Å². The lowest BCUT2D eigenvalue weighted by molar-refractivity contribution is 0.129. The van der Waals surface area contributed by atoms with Gasteiger partial charge in [-0.2, -0.15) is 0 Å². The zero-order valence-corrected chi connectivity index (χ0v) is 14.0. The van der Waals surface area contributed by atoms with E-state index in [1.807, 2.05) is 37.5 Å². The van der Waals surface area contributed by atoms with Crippen molar-refractivity contribution in [1.82, 2.24) is 14.5 Å². The molecule has 0 spiro atoms. The van der Waals surface area contributed by atoms with E-state index in [0.717, 1.165) is 29.4 Å². The van der Waals surface area contributed by atoms with Gasteiger partial charge in [-0.3, -0.25) is 0 Å². The molecule has 0 atom stereocenters. The Balaban J connectivity index is 1.65. The summed E-state index contributed by atoms with van der Waals surface area (Å²) >= 11 is 0. The molecule has 1 N–H and O–H groups in total. The van der Waals surface area contributed by atoms with Gasteiger partial charge in [-0.15, -0.1) is 0 Å². The molecule has 0 fully saturated rings. The van der Waals surface area contributed by atoms with Gasteiger partial charge >= 0.3 is 6.03 Å². The third kappa shape index (κ3) is 3.51. The van der Waals surface area contributed by atoms with Gasteiger partial charge in [0, 0.05) is 25.4 Å². The molecule has 7 heteroatoms. The lowest BCUT2D eigenvalue weighted by atomic mass is 10.2. The number of benzene rings is 1. The summed E-state index contributed by atoms with van der Waals surface area (Å²) in [5, 5.41) is 2.92. The Hall–Kier alpha value is -2.54. The van der Waals surface area contributed by atoms with Crippen molar-refractivity contribution in [3.63, 3.8) is 0 Å². The summed E-state index contributed by atoms with van der Waals surface area (Å²) in [6.07, 6.45) is 1.82. The van der Waals surface area contributed by atoms with Gasteiger partial charge < -0.3 is 24.3 Å². The van der Waals surface area contributed by atoms with Crippen molar-refractivity contribution < 1.29 is 14.3 Å². The largest absolute Gasteiger partial charge is 0.497 e. The second kappa shape index (κ2) is 7.35. The van der Waals surface area contributed by atoms with Crippen LogP contribution < -0.4 is 10.1 Å². The third-order valence-corrected chi connectivity index (χ3v) is 4.06. The highest BCUT2D eigenvalue weighted by Gasteiger charge is 2.23. The summed E-state index contributed by atoms with van der Waals surface area (Å²) in [7, 11) is 1.62. The third-order valence-electron chi connectivity index (χ3n) is 4.06. The number of anilines is 1. The first kappa shape index (κ1) is 16.3. The van der Waals surface area contributed by atoms with E-state index in [1.165, 1.54) is 0 Å². The number of fused-ring (bicyclic) bond motifs is 1. The van der Waals surface area contributed by atoms with E-state index in [9.17, 15) is 4.79 Å². The molecule has 0 unspecified atom stereocenters. The zero-order valence-electron chi connectivity index (χ0n) is 14.0. The molecule has 128 valence electrons. The van der Waals surface area contributed by atoms with Crippen LogP contribution in [0, 0.1) is 0 Å². The van der Waals surface area contributed by atoms with Crippen LogP contribution in [0.2, 0.25) is 0 Å². The maximum atomic E-state index is 12.5. The smallest absolute Gasteiger partial charge is 0.322 e. The van der Waals surface area contributed by atoms with Gasteiger partial charge in [0.2, 0.25) is 0 Å². The fourth-order valence-electron chi connectivity index (χ4n) is 2.68. The molecule has 0 saturated heterocycles. The molecule has 7 nitrogen and oxygen atoms in total. The van der Waals surface area contributed by atoms with Gasteiger partial charge in [0.1, 0.15) is 5.75 Å². The molecule has 2 aromatic rings. The summed E-state index contributed by atoms with van der Waals surface area (Å²) in [5.74, 6) is 0.760. The highest BCUT2D eigenvalue weighted by Crippen LogP contribution is 2.19. The van der Waals surface area contributed by atoms with Gasteiger partial charge in [-0.05, 0) is 31.2 Å². The lowest BCUT2D eigenvalue weighted by Crippen LogP contribution is -2.40. The number of carbonyl (C=O) groups is 1. The van der Waals surface area contributed by atoms with Crippen LogP contribution in [0.4, 0.5) is 10.5 Å². The number of imidazole rings is 1. The topological polar surface area (TPSA) is 68.6 Å². The van der Waals surface area contributed by atoms with E-state index in [4.69, 9.17) is 9.47 Å². The number of aromatic nitrogens is 2. The summed E-state index contributed by atoms with van der Waals surface area (Å²) in [4.78, 5) is 18.7. The van der Waals surface area contributed by atoms with Crippen LogP contribution in [-0.4, -0.2) is 40.7 Å². The van der Waals surface area contributed by atoms with E-state index in [2.05, 4.69) is 14.9 Å². The number of nitrogens with zero attached hydrogens (tertiary/aromatic N) is 3. The Kier molecular flexibility index (Phi) is 5.00. The average Bonchev–Trinajstić information content (AvgIpc) is 3.02. The van der Waals surface area contributed by atoms with E-state index in [0.29, 0.717) is 26.3 Å². The van der Waals surface area contributed by atoms with Gasteiger partial charge in [0.05, 0.1) is 38.0 Å². The lowest BCUT2D eigenvalue weighted by Gasteiger charge is -2.29. The summed E-state index contributed by atoms with van der Waals surface area (Å²) < 4.78 is 12.7. The van der Waals surface area contributed by atoms with Crippen molar-refractivity contribution in [1.29, 1.82) is 0 Å². The van der Waals surface area contributed by atoms with Crippen molar-refractivity contribution in [2.75, 3.05) is 25.6 Å². The first-order valence-corrected chi connectivity index (χ1v) is 8.02. The molecule has 1 aromatic heterocycles. The molecule has 1 aromatic carbocycles. The Morgan fingerprint density at radius 3 is 2.79 bits per heavy atom. The molecular weight excluding hydrogens is 308 g/mol. The number of hydrogen-bond donors (Lipinski definition) is 1. The van der Waals surface area contributed by atoms with Crippen LogP contribution in [0.1, 0.15) is 18.3 Å². The fourth-order valence-corrected chi connectivity index (χ4v) is 2.68. The van der Waals surface area contributed by atoms with Gasteiger partial charge in [-0.1, -0.05) is 0 Å². The quantitative estimate of drug-likeness (QED) is 0.914. The first-order valence-electron chi connectivity index (χ1n) is 8.02. The van der Waals surface area contributed by atoms with Crippen LogP contribution in [0.25, 0.3) is 0 Å². The number of nitrogens with one attached hydrogen (secondary N) is 1. The molecule has 2 heterocycles. The van der Waals surface area contributed by atoms with Crippen LogP contribution >= 0.6 is 0 Å². The second-order valence-electron chi connectivity index (χ2n) is 5.55. The zero-order chi connectivity index (χ0) is 16.9. The predicted molar refractivity (Wildman–Crippen MR) is 90.0 cm³/mol. The molecule has 0 saturated carbocycles. The number of urea groups is 1. The standard InChI is InChI=1S/C17H22N4O3/c1-3-24-11-15-16-10-20(8-9-21(16)12-18-15)17(22)19-13-4-6-14(23-2)7-5-13/h4-7,12H,3,8-11H2,1-2H3,(H,19,22). The maximum absolute atomic E-state index is 12.5. The fraction of sp³-hybridized carbons (Fsp3) is 0.412. The summed E-state index contributed by atoms with van der Waals surface area (Å²) in [6, 6.07) is 7.17. The Labute approximate surface area is 141 Å². The first-order chi connectivity index (χ1) is 11.7. The van der Waals surface area contributed by atoms with Crippen LogP contribution in [0.5, 0.6) is 5.75 Å². The van der Waals surface area contributed by atoms with Crippen molar-refractivity contribution >= 4 is 11.7 Å². The van der Waals surface area contributed by atoms with E-state index in [1.54, 1.807) is 12.0 Å². The normalized spacial score (nSPS) is 13.5. The number of amides is 2. The molecule has 24 heavy (non-hydrogen) atoms. The molecule has 1 aliphatic heterocycles. The molecule has 1 aliphatic rings. The molecular formula is C17H22N4O3. The van der Waals surface area contributed by atoms with Crippen molar-refractivity contribution in [2.45, 2.75) is 26.6 Å². The summed E-state index contributed by atoms with van der Waals surface area (Å²) in [6.45, 7) is 5.01. The molecule has 0 bridgehead atoms. The highest BCUT2D eigenvalue weighted by molar-refractivity contribution is 5.89. The van der Waals surface area contributed by atoms with Crippen LogP contribution in [0.3, 0.4) is 0 Å². The molecule has 2 amide bonds. The van der Waals surface area contributed by atoms with E-state index < -0.39 is 0 Å². The van der Waals surface area contributed by atoms with Gasteiger partial charge in [0.25, 0.3) is 0 Å². The highest BCUT2D eigenvalue weighted by atomic mass is 16.5. The molecule has 0 radical (unpaired) electrons. The van der Waals surface area contributed by atoms with Crippen molar-refractivity contribution in [3.8, 4) is 5.75 Å². The summed E-state index contributed by atoms with van der Waals surface area (Å²) in [5.41, 5.74) is 2.69. The minimum Gasteiger partial charge on any atom is -0.497 e. The van der Waals surface area contributed by atoms with Gasteiger partial charge in [-0.25, -0.2) is 9.78 Å². The Morgan fingerprint density at radius 2 is 2.08 bits per heavy atom. The van der Waals surface area contributed by atoms with Gasteiger partial charge in [0.15, 0.2) is 0 Å². The number of hydrogen-bond acceptors (Lipinski definition) is 4. The molecule has 3 rings (SSSR count). The maximum Gasteiger partial charge on any atom is 0.322 e. The number of rotatable bonds is 5. The second-order valence-corrected chi connectivity index (χ2v) is 5.55.